The Kier molecular flexibility index (Phi) is 5.65. The van der Waals surface area contributed by atoms with Crippen LogP contribution in [-0.4, -0.2) is 30.7 Å². The first-order valence-corrected chi connectivity index (χ1v) is 3.21. The van der Waals surface area contributed by atoms with Gasteiger partial charge in [0, 0.05) is 6.08 Å². The summed E-state index contributed by atoms with van der Waals surface area (Å²) < 4.78 is 46.1. The number of nitrogens with one attached hydrogen (secondary N) is 1. The number of aliphatic hydroxyl groups excluding tert-OH is 1. The number of halogens is 4. The Labute approximate surface area is 66.9 Å². The van der Waals surface area contributed by atoms with Gasteiger partial charge < -0.3 is 10.4 Å². The van der Waals surface area contributed by atoms with Crippen LogP contribution in [0.4, 0.5) is 17.6 Å². The van der Waals surface area contributed by atoms with E-state index in [0.29, 0.717) is 6.08 Å². The molecule has 0 amide bonds. The monoisotopic (exact) mass is 187 g/mol. The molecule has 1 atom stereocenters. The van der Waals surface area contributed by atoms with E-state index in [2.05, 4.69) is 0 Å². The smallest absolute Gasteiger partial charge is 0.267 e. The van der Waals surface area contributed by atoms with Gasteiger partial charge in [-0.1, -0.05) is 0 Å². The summed E-state index contributed by atoms with van der Waals surface area (Å²) in [4.78, 5) is 0. The lowest BCUT2D eigenvalue weighted by atomic mass is 10.3. The summed E-state index contributed by atoms with van der Waals surface area (Å²) >= 11 is 0. The molecule has 0 aromatic carbocycles. The highest BCUT2D eigenvalue weighted by atomic mass is 19.3. The van der Waals surface area contributed by atoms with Crippen molar-refractivity contribution in [1.82, 2.24) is 5.32 Å². The fraction of sp³-hybridized carbons (Fsp3) is 0.667. The summed E-state index contributed by atoms with van der Waals surface area (Å²) in [6.07, 6.45) is -4.23. The first kappa shape index (κ1) is 11.4. The van der Waals surface area contributed by atoms with Gasteiger partial charge in [-0.3, -0.25) is 0 Å². The topological polar surface area (TPSA) is 32.3 Å². The van der Waals surface area contributed by atoms with E-state index in [-0.39, 0.29) is 0 Å². The molecule has 0 aliphatic carbocycles. The normalized spacial score (nSPS) is 13.2. The summed E-state index contributed by atoms with van der Waals surface area (Å²) in [5, 5.41) is 10.4. The van der Waals surface area contributed by atoms with Gasteiger partial charge in [-0.2, -0.15) is 8.78 Å². The fourth-order valence-corrected chi connectivity index (χ4v) is 0.569. The number of rotatable bonds is 5. The van der Waals surface area contributed by atoms with Crippen LogP contribution in [0.3, 0.4) is 0 Å². The lowest BCUT2D eigenvalue weighted by Crippen LogP contribution is -2.34. The Morgan fingerprint density at radius 3 is 2.33 bits per heavy atom. The van der Waals surface area contributed by atoms with Crippen molar-refractivity contribution < 1.29 is 22.7 Å². The van der Waals surface area contributed by atoms with Gasteiger partial charge >= 0.3 is 0 Å². The maximum absolute atomic E-state index is 11.5. The summed E-state index contributed by atoms with van der Waals surface area (Å²) in [7, 11) is 0. The Hall–Kier alpha value is -0.620. The van der Waals surface area contributed by atoms with Gasteiger partial charge in [0.05, 0.1) is 19.2 Å². The molecule has 0 aromatic rings. The maximum Gasteiger partial charge on any atom is 0.267 e. The first-order chi connectivity index (χ1) is 5.56. The van der Waals surface area contributed by atoms with Crippen LogP contribution >= 0.6 is 0 Å². The van der Waals surface area contributed by atoms with E-state index in [1.54, 1.807) is 0 Å². The van der Waals surface area contributed by atoms with E-state index in [1.807, 2.05) is 5.32 Å². The number of alkyl halides is 2. The average molecular weight is 187 g/mol. The lowest BCUT2D eigenvalue weighted by molar-refractivity contribution is 0.137. The second-order valence-electron chi connectivity index (χ2n) is 2.04. The minimum absolute atomic E-state index is 0.391. The third-order valence-electron chi connectivity index (χ3n) is 1.06. The van der Waals surface area contributed by atoms with Gasteiger partial charge in [0.25, 0.3) is 12.5 Å². The van der Waals surface area contributed by atoms with E-state index in [9.17, 15) is 17.6 Å². The van der Waals surface area contributed by atoms with E-state index in [4.69, 9.17) is 5.11 Å². The van der Waals surface area contributed by atoms with Crippen molar-refractivity contribution in [2.75, 3.05) is 13.2 Å². The molecule has 0 fully saturated rings. The Morgan fingerprint density at radius 2 is 2.00 bits per heavy atom. The number of hydrogen-bond acceptors (Lipinski definition) is 2. The second-order valence-corrected chi connectivity index (χ2v) is 2.04. The molecule has 0 aliphatic rings. The average Bonchev–Trinajstić information content (AvgIpc) is 1.97. The molecular weight excluding hydrogens is 178 g/mol. The van der Waals surface area contributed by atoms with Crippen molar-refractivity contribution in [2.24, 2.45) is 0 Å². The van der Waals surface area contributed by atoms with Crippen molar-refractivity contribution >= 4 is 0 Å². The minimum atomic E-state index is -2.62. The molecule has 72 valence electrons. The van der Waals surface area contributed by atoms with E-state index in [1.165, 1.54) is 0 Å². The molecule has 0 radical (unpaired) electrons. The Balaban J connectivity index is 3.76. The van der Waals surface area contributed by atoms with Gasteiger partial charge in [0.1, 0.15) is 0 Å². The van der Waals surface area contributed by atoms with Crippen LogP contribution in [0.25, 0.3) is 0 Å². The van der Waals surface area contributed by atoms with Gasteiger partial charge in [-0.25, -0.2) is 8.78 Å². The highest BCUT2D eigenvalue weighted by Crippen LogP contribution is 2.00. The van der Waals surface area contributed by atoms with Crippen LogP contribution in [0, 0.1) is 0 Å². The molecule has 2 N–H and O–H groups in total. The summed E-state index contributed by atoms with van der Waals surface area (Å²) in [6, 6.07) is -1.11. The molecule has 0 saturated carbocycles. The minimum Gasteiger partial charge on any atom is -0.394 e. The molecule has 12 heavy (non-hydrogen) atoms. The van der Waals surface area contributed by atoms with E-state index >= 15 is 0 Å². The zero-order chi connectivity index (χ0) is 9.56. The van der Waals surface area contributed by atoms with Crippen LogP contribution in [0.15, 0.2) is 12.2 Å². The highest BCUT2D eigenvalue weighted by molar-refractivity contribution is 4.92. The van der Waals surface area contributed by atoms with E-state index in [0.717, 1.165) is 0 Å². The third kappa shape index (κ3) is 6.11. The van der Waals surface area contributed by atoms with Crippen LogP contribution in [-0.2, 0) is 0 Å². The van der Waals surface area contributed by atoms with E-state index < -0.39 is 31.7 Å². The van der Waals surface area contributed by atoms with Crippen LogP contribution in [0.2, 0.25) is 0 Å². The van der Waals surface area contributed by atoms with Crippen molar-refractivity contribution in [2.45, 2.75) is 12.5 Å². The predicted molar refractivity (Wildman–Crippen MR) is 35.2 cm³/mol. The predicted octanol–water partition coefficient (Wildman–Crippen LogP) is 0.982. The largest absolute Gasteiger partial charge is 0.394 e. The Bertz CT molecular complexity index is 146. The summed E-state index contributed by atoms with van der Waals surface area (Å²) in [5.74, 6) is 0. The van der Waals surface area contributed by atoms with Crippen molar-refractivity contribution in [3.63, 3.8) is 0 Å². The van der Waals surface area contributed by atoms with Crippen molar-refractivity contribution in [3.05, 3.63) is 12.2 Å². The number of aliphatic hydroxyl groups is 1. The molecule has 1 unspecified atom stereocenters. The van der Waals surface area contributed by atoms with Crippen molar-refractivity contribution in [3.8, 4) is 0 Å². The molecule has 0 bridgehead atoms. The number of hydrogen-bond donors (Lipinski definition) is 2. The van der Waals surface area contributed by atoms with Gasteiger partial charge in [0.15, 0.2) is 0 Å². The lowest BCUT2D eigenvalue weighted by Gasteiger charge is -2.10. The molecule has 0 aromatic heterocycles. The highest BCUT2D eigenvalue weighted by Gasteiger charge is 2.08. The first-order valence-electron chi connectivity index (χ1n) is 3.21. The molecule has 0 spiro atoms. The molecule has 6 heteroatoms. The third-order valence-corrected chi connectivity index (χ3v) is 1.06. The summed E-state index contributed by atoms with van der Waals surface area (Å²) in [6.45, 7) is -1.35. The van der Waals surface area contributed by atoms with Crippen LogP contribution < -0.4 is 5.32 Å². The fourth-order valence-electron chi connectivity index (χ4n) is 0.569. The molecule has 0 saturated heterocycles. The maximum atomic E-state index is 11.5. The van der Waals surface area contributed by atoms with Gasteiger partial charge in [-0.05, 0) is 0 Å². The zero-order valence-corrected chi connectivity index (χ0v) is 6.11. The molecule has 0 heterocycles. The Morgan fingerprint density at radius 1 is 1.42 bits per heavy atom. The SMILES string of the molecule is OCC(C=C(F)F)NCC(F)F. The zero-order valence-electron chi connectivity index (χ0n) is 6.11. The summed E-state index contributed by atoms with van der Waals surface area (Å²) in [5.41, 5.74) is 0. The second kappa shape index (κ2) is 5.96. The van der Waals surface area contributed by atoms with Crippen LogP contribution in [0.5, 0.6) is 0 Å². The molecule has 2 nitrogen and oxygen atoms in total. The van der Waals surface area contributed by atoms with Gasteiger partial charge in [0.2, 0.25) is 0 Å². The standard InChI is InChI=1S/C6H9F4NO/c7-5(8)1-4(3-12)11-2-6(9)10/h1,4,6,11-12H,2-3H2. The molecular formula is C6H9F4NO. The van der Waals surface area contributed by atoms with Gasteiger partial charge in [-0.15, -0.1) is 0 Å². The quantitative estimate of drug-likeness (QED) is 0.629. The molecule has 0 rings (SSSR count). The molecule has 0 aliphatic heterocycles. The van der Waals surface area contributed by atoms with Crippen molar-refractivity contribution in [1.29, 1.82) is 0 Å². The van der Waals surface area contributed by atoms with Crippen LogP contribution in [0.1, 0.15) is 0 Å².